The summed E-state index contributed by atoms with van der Waals surface area (Å²) in [6.45, 7) is 6.47. The lowest BCUT2D eigenvalue weighted by molar-refractivity contribution is -0.126. The van der Waals surface area contributed by atoms with Gasteiger partial charge in [-0.05, 0) is 108 Å². The lowest BCUT2D eigenvalue weighted by atomic mass is 9.76. The van der Waals surface area contributed by atoms with Crippen LogP contribution in [0.15, 0.2) is 36.5 Å². The fraction of sp³-hybridized carbons (Fsp3) is 0.844. The summed E-state index contributed by atoms with van der Waals surface area (Å²) in [7, 11) is 0. The van der Waals surface area contributed by atoms with Crippen molar-refractivity contribution in [2.75, 3.05) is 5.75 Å². The Kier molecular flexibility index (Phi) is 31.5. The number of aliphatic hydroxyl groups is 1. The molecule has 0 radical (unpaired) electrons. The number of ether oxygens (including phenoxy) is 1. The molecule has 1 aliphatic carbocycles. The second-order valence-electron chi connectivity index (χ2n) is 15.5. The predicted molar refractivity (Wildman–Crippen MR) is 219 cm³/mol. The molecule has 0 saturated heterocycles. The molecular formula is C45H81NO3S. The Hall–Kier alpha value is -1.22. The topological polar surface area (TPSA) is 62.5 Å². The zero-order valence-electron chi connectivity index (χ0n) is 33.3. The molecule has 0 aliphatic heterocycles. The maximum atomic E-state index is 11.4. The smallest absolute Gasteiger partial charge is 0.286 e. The molecule has 0 spiro atoms. The normalized spacial score (nSPS) is 20.1. The van der Waals surface area contributed by atoms with Crippen LogP contribution < -0.4 is 0 Å². The second kappa shape index (κ2) is 33.6. The van der Waals surface area contributed by atoms with Crippen LogP contribution in [0.5, 0.6) is 0 Å². The van der Waals surface area contributed by atoms with Crippen molar-refractivity contribution in [1.29, 1.82) is 5.26 Å². The number of nitriles is 1. The van der Waals surface area contributed by atoms with Gasteiger partial charge in [-0.2, -0.15) is 5.26 Å². The maximum Gasteiger partial charge on any atom is 0.286 e. The minimum atomic E-state index is -0.999. The van der Waals surface area contributed by atoms with Crippen molar-refractivity contribution in [1.82, 2.24) is 0 Å². The minimum Gasteiger partial charge on any atom is -0.424 e. The van der Waals surface area contributed by atoms with Crippen LogP contribution in [0.4, 0.5) is 0 Å². The molecule has 1 N–H and O–H groups in total. The number of unbranched alkanes of at least 4 members (excludes halogenated alkanes) is 20. The van der Waals surface area contributed by atoms with Gasteiger partial charge in [0, 0.05) is 18.6 Å². The van der Waals surface area contributed by atoms with Crippen molar-refractivity contribution < 1.29 is 14.0 Å². The molecule has 4 nitrogen and oxygen atoms in total. The standard InChI is InChI=1S/C45H81NO3S/c1-4-6-8-10-12-14-16-18-20-22-24-26-28-30-32-36-44(38-39-45(47,41-44)49-50-40-34-35-43(3)48-42-46)37-33-31-29-27-25-23-21-19-17-15-13-11-9-7-5-2/h12,14,16-19,43,47H,4-11,13,15,20-41H2,1-3H3/b14-12+,18-16-,19-17-. The van der Waals surface area contributed by atoms with Crippen LogP contribution in [0.25, 0.3) is 0 Å². The first-order chi connectivity index (χ1) is 24.5. The van der Waals surface area contributed by atoms with Crippen molar-refractivity contribution in [2.45, 2.75) is 232 Å². The van der Waals surface area contributed by atoms with Gasteiger partial charge < -0.3 is 9.84 Å². The Balaban J connectivity index is 2.34. The Morgan fingerprint density at radius 1 is 0.640 bits per heavy atom. The fourth-order valence-electron chi connectivity index (χ4n) is 7.48. The molecule has 0 bridgehead atoms. The maximum absolute atomic E-state index is 11.4. The quantitative estimate of drug-likeness (QED) is 0.0175. The highest BCUT2D eigenvalue weighted by molar-refractivity contribution is 7.94. The number of hydrogen-bond donors (Lipinski definition) is 1. The van der Waals surface area contributed by atoms with Gasteiger partial charge in [-0.1, -0.05) is 153 Å². The van der Waals surface area contributed by atoms with Crippen LogP contribution in [-0.4, -0.2) is 22.8 Å². The van der Waals surface area contributed by atoms with Gasteiger partial charge >= 0.3 is 0 Å². The van der Waals surface area contributed by atoms with Gasteiger partial charge in [0.05, 0.1) is 0 Å². The van der Waals surface area contributed by atoms with Crippen LogP contribution in [-0.2, 0) is 8.92 Å². The highest BCUT2D eigenvalue weighted by Crippen LogP contribution is 2.52. The van der Waals surface area contributed by atoms with Gasteiger partial charge in [0.2, 0.25) is 0 Å². The van der Waals surface area contributed by atoms with Gasteiger partial charge in [-0.3, -0.25) is 4.18 Å². The van der Waals surface area contributed by atoms with E-state index in [1.54, 1.807) is 6.26 Å². The van der Waals surface area contributed by atoms with E-state index < -0.39 is 5.79 Å². The van der Waals surface area contributed by atoms with E-state index in [1.165, 1.54) is 179 Å². The summed E-state index contributed by atoms with van der Waals surface area (Å²) >= 11 is 1.41. The van der Waals surface area contributed by atoms with Crippen molar-refractivity contribution in [3.05, 3.63) is 36.5 Å². The zero-order chi connectivity index (χ0) is 36.3. The number of hydrogen-bond acceptors (Lipinski definition) is 5. The van der Waals surface area contributed by atoms with Crippen LogP contribution in [0, 0.1) is 16.9 Å². The molecule has 1 saturated carbocycles. The zero-order valence-corrected chi connectivity index (χ0v) is 34.1. The molecule has 50 heavy (non-hydrogen) atoms. The third-order valence-electron chi connectivity index (χ3n) is 10.7. The molecule has 1 rings (SSSR count). The highest BCUT2D eigenvalue weighted by atomic mass is 32.2. The second-order valence-corrected chi connectivity index (χ2v) is 16.3. The third-order valence-corrected chi connectivity index (χ3v) is 11.5. The molecule has 5 heteroatoms. The van der Waals surface area contributed by atoms with E-state index in [9.17, 15) is 5.11 Å². The molecule has 1 fully saturated rings. The first kappa shape index (κ1) is 46.8. The molecule has 1 aliphatic rings. The summed E-state index contributed by atoms with van der Waals surface area (Å²) in [5, 5.41) is 20.1. The molecular weight excluding hydrogens is 635 g/mol. The molecule has 3 atom stereocenters. The SMILES string of the molecule is CCCCC/C=C/C=C\CCCCCCCCC1(CCCCCCCC/C=C\CCCCCCC)CCC(O)(OSCCCC(C)OC#N)C1. The van der Waals surface area contributed by atoms with E-state index in [2.05, 4.69) is 50.3 Å². The molecule has 0 aromatic carbocycles. The molecule has 0 aromatic rings. The van der Waals surface area contributed by atoms with Crippen LogP contribution in [0.2, 0.25) is 0 Å². The summed E-state index contributed by atoms with van der Waals surface area (Å²) < 4.78 is 11.1. The fourth-order valence-corrected chi connectivity index (χ4v) is 8.21. The van der Waals surface area contributed by atoms with E-state index in [4.69, 9.17) is 14.2 Å². The van der Waals surface area contributed by atoms with Crippen LogP contribution in [0.1, 0.15) is 220 Å². The predicted octanol–water partition coefficient (Wildman–Crippen LogP) is 15.0. The average molecular weight is 716 g/mol. The van der Waals surface area contributed by atoms with Gasteiger partial charge in [-0.15, -0.1) is 0 Å². The highest BCUT2D eigenvalue weighted by Gasteiger charge is 2.47. The van der Waals surface area contributed by atoms with Gasteiger partial charge in [0.15, 0.2) is 5.79 Å². The monoisotopic (exact) mass is 716 g/mol. The molecule has 0 heterocycles. The van der Waals surface area contributed by atoms with E-state index in [0.717, 1.165) is 37.9 Å². The van der Waals surface area contributed by atoms with Crippen molar-refractivity contribution in [3.8, 4) is 6.26 Å². The summed E-state index contributed by atoms with van der Waals surface area (Å²) in [6, 6.07) is 0. The van der Waals surface area contributed by atoms with E-state index in [0.29, 0.717) is 0 Å². The largest absolute Gasteiger partial charge is 0.424 e. The third kappa shape index (κ3) is 27.4. The van der Waals surface area contributed by atoms with Crippen molar-refractivity contribution in [3.63, 3.8) is 0 Å². The first-order valence-corrected chi connectivity index (χ1v) is 22.4. The number of allylic oxidation sites excluding steroid dienone is 6. The number of rotatable bonds is 36. The first-order valence-electron chi connectivity index (χ1n) is 21.5. The van der Waals surface area contributed by atoms with Gasteiger partial charge in [0.25, 0.3) is 6.26 Å². The van der Waals surface area contributed by atoms with Crippen LogP contribution in [0.3, 0.4) is 0 Å². The Labute approximate surface area is 315 Å². The average Bonchev–Trinajstić information content (AvgIpc) is 3.44. The van der Waals surface area contributed by atoms with Crippen molar-refractivity contribution in [2.24, 2.45) is 5.41 Å². The molecule has 290 valence electrons. The lowest BCUT2D eigenvalue weighted by Gasteiger charge is -2.31. The summed E-state index contributed by atoms with van der Waals surface area (Å²) in [5.74, 6) is -0.185. The van der Waals surface area contributed by atoms with Gasteiger partial charge in [0.1, 0.15) is 6.10 Å². The van der Waals surface area contributed by atoms with E-state index in [1.807, 2.05) is 6.92 Å². The van der Waals surface area contributed by atoms with Crippen LogP contribution >= 0.6 is 12.0 Å². The van der Waals surface area contributed by atoms with Gasteiger partial charge in [-0.25, -0.2) is 0 Å². The number of nitrogens with zero attached hydrogens (tertiary/aromatic N) is 1. The minimum absolute atomic E-state index is 0.0567. The Morgan fingerprint density at radius 3 is 1.64 bits per heavy atom. The van der Waals surface area contributed by atoms with E-state index in [-0.39, 0.29) is 11.5 Å². The van der Waals surface area contributed by atoms with Crippen molar-refractivity contribution >= 4 is 12.0 Å². The summed E-state index contributed by atoms with van der Waals surface area (Å²) in [6.07, 6.45) is 54.0. The molecule has 0 aromatic heterocycles. The summed E-state index contributed by atoms with van der Waals surface area (Å²) in [5.41, 5.74) is 0.223. The lowest BCUT2D eigenvalue weighted by Crippen LogP contribution is -2.29. The Bertz CT molecular complexity index is 882. The summed E-state index contributed by atoms with van der Waals surface area (Å²) in [4.78, 5) is 0. The molecule has 0 amide bonds. The molecule has 3 unspecified atom stereocenters. The van der Waals surface area contributed by atoms with E-state index >= 15 is 0 Å². The Morgan fingerprint density at radius 2 is 1.10 bits per heavy atom.